The normalized spacial score (nSPS) is 9.57. The molecule has 0 spiro atoms. The fraction of sp³-hybridized carbons (Fsp3) is 0.278. The van der Waals surface area contributed by atoms with E-state index in [0.717, 1.165) is 17.0 Å². The first kappa shape index (κ1) is 17.3. The predicted octanol–water partition coefficient (Wildman–Crippen LogP) is 5.05. The van der Waals surface area contributed by atoms with Gasteiger partial charge >= 0.3 is 5.97 Å². The molecule has 0 amide bonds. The molecule has 2 nitrogen and oxygen atoms in total. The molecule has 0 heterocycles. The van der Waals surface area contributed by atoms with Gasteiger partial charge in [-0.1, -0.05) is 43.6 Å². The maximum Gasteiger partial charge on any atom is 0.337 e. The van der Waals surface area contributed by atoms with Crippen LogP contribution < -0.4 is 0 Å². The first-order chi connectivity index (χ1) is 10.1. The molecule has 0 fully saturated rings. The fourth-order valence-corrected chi connectivity index (χ4v) is 2.12. The standard InChI is InChI=1S/C16H15ClO2.C2H6/c1-11-3-8-15(17)10-14(11)9-12-4-6-13(7-5-12)16(18)19-2;1-2/h3-8,10H,9H2,1-2H3;1-2H3. The van der Waals surface area contributed by atoms with Gasteiger partial charge in [-0.25, -0.2) is 4.79 Å². The predicted molar refractivity (Wildman–Crippen MR) is 88.1 cm³/mol. The molecular weight excluding hydrogens is 284 g/mol. The minimum atomic E-state index is -0.314. The Kier molecular flexibility index (Phi) is 6.97. The molecule has 0 atom stereocenters. The second-order valence-electron chi connectivity index (χ2n) is 4.44. The summed E-state index contributed by atoms with van der Waals surface area (Å²) >= 11 is 6.01. The van der Waals surface area contributed by atoms with E-state index in [9.17, 15) is 4.79 Å². The third-order valence-corrected chi connectivity index (χ3v) is 3.32. The summed E-state index contributed by atoms with van der Waals surface area (Å²) in [6.07, 6.45) is 0.799. The number of ether oxygens (including phenoxy) is 1. The highest BCUT2D eigenvalue weighted by Gasteiger charge is 2.06. The third kappa shape index (κ3) is 4.91. The molecular formula is C18H21ClO2. The zero-order chi connectivity index (χ0) is 15.8. The van der Waals surface area contributed by atoms with Crippen molar-refractivity contribution in [1.29, 1.82) is 0 Å². The summed E-state index contributed by atoms with van der Waals surface area (Å²) in [4.78, 5) is 11.3. The summed E-state index contributed by atoms with van der Waals surface area (Å²) in [5.74, 6) is -0.314. The van der Waals surface area contributed by atoms with Crippen molar-refractivity contribution in [1.82, 2.24) is 0 Å². The van der Waals surface area contributed by atoms with E-state index in [1.807, 2.05) is 44.2 Å². The van der Waals surface area contributed by atoms with Crippen LogP contribution in [-0.4, -0.2) is 13.1 Å². The first-order valence-corrected chi connectivity index (χ1v) is 7.40. The van der Waals surface area contributed by atoms with Crippen molar-refractivity contribution >= 4 is 17.6 Å². The molecule has 0 unspecified atom stereocenters. The van der Waals surface area contributed by atoms with Gasteiger partial charge in [-0.2, -0.15) is 0 Å². The van der Waals surface area contributed by atoms with Gasteiger partial charge in [-0.3, -0.25) is 0 Å². The number of hydrogen-bond acceptors (Lipinski definition) is 2. The van der Waals surface area contributed by atoms with Crippen LogP contribution in [-0.2, 0) is 11.2 Å². The average Bonchev–Trinajstić information content (AvgIpc) is 2.53. The summed E-state index contributed by atoms with van der Waals surface area (Å²) in [6, 6.07) is 13.3. The summed E-state index contributed by atoms with van der Waals surface area (Å²) in [6.45, 7) is 6.06. The second-order valence-corrected chi connectivity index (χ2v) is 4.87. The van der Waals surface area contributed by atoms with Gasteiger partial charge in [-0.05, 0) is 54.3 Å². The highest BCUT2D eigenvalue weighted by Crippen LogP contribution is 2.19. The van der Waals surface area contributed by atoms with Crippen molar-refractivity contribution in [3.05, 3.63) is 69.7 Å². The van der Waals surface area contributed by atoms with Crippen molar-refractivity contribution in [3.8, 4) is 0 Å². The van der Waals surface area contributed by atoms with E-state index in [2.05, 4.69) is 11.7 Å². The molecule has 21 heavy (non-hydrogen) atoms. The smallest absolute Gasteiger partial charge is 0.337 e. The molecule has 0 radical (unpaired) electrons. The number of aryl methyl sites for hydroxylation is 1. The molecule has 0 saturated carbocycles. The summed E-state index contributed by atoms with van der Waals surface area (Å²) in [5, 5.41) is 0.742. The number of hydrogen-bond donors (Lipinski definition) is 0. The topological polar surface area (TPSA) is 26.3 Å². The van der Waals surface area contributed by atoms with Crippen LogP contribution >= 0.6 is 11.6 Å². The van der Waals surface area contributed by atoms with Crippen molar-refractivity contribution in [3.63, 3.8) is 0 Å². The number of carbonyl (C=O) groups is 1. The van der Waals surface area contributed by atoms with Gasteiger partial charge < -0.3 is 4.74 Å². The van der Waals surface area contributed by atoms with Gasteiger partial charge in [0.15, 0.2) is 0 Å². The van der Waals surface area contributed by atoms with Crippen LogP contribution in [0.1, 0.15) is 40.9 Å². The molecule has 0 aliphatic carbocycles. The number of benzene rings is 2. The van der Waals surface area contributed by atoms with Gasteiger partial charge in [0.05, 0.1) is 12.7 Å². The maximum absolute atomic E-state index is 11.3. The molecule has 0 bridgehead atoms. The van der Waals surface area contributed by atoms with E-state index in [-0.39, 0.29) is 5.97 Å². The molecule has 2 rings (SSSR count). The lowest BCUT2D eigenvalue weighted by Crippen LogP contribution is -2.01. The van der Waals surface area contributed by atoms with Crippen molar-refractivity contribution in [2.24, 2.45) is 0 Å². The highest BCUT2D eigenvalue weighted by atomic mass is 35.5. The van der Waals surface area contributed by atoms with Gasteiger partial charge in [0.1, 0.15) is 0 Å². The number of halogens is 1. The number of methoxy groups -OCH3 is 1. The SMILES string of the molecule is CC.COC(=O)c1ccc(Cc2cc(Cl)ccc2C)cc1. The Morgan fingerprint density at radius 1 is 1.10 bits per heavy atom. The van der Waals surface area contributed by atoms with Gasteiger partial charge in [-0.15, -0.1) is 0 Å². The summed E-state index contributed by atoms with van der Waals surface area (Å²) in [5.41, 5.74) is 4.10. The van der Waals surface area contributed by atoms with Crippen LogP contribution in [0.4, 0.5) is 0 Å². The lowest BCUT2D eigenvalue weighted by atomic mass is 10.00. The Morgan fingerprint density at radius 2 is 1.71 bits per heavy atom. The fourth-order valence-electron chi connectivity index (χ4n) is 1.93. The quantitative estimate of drug-likeness (QED) is 0.742. The number of carbonyl (C=O) groups excluding carboxylic acids is 1. The Bertz CT molecular complexity index is 589. The van der Waals surface area contributed by atoms with Crippen LogP contribution in [0.25, 0.3) is 0 Å². The monoisotopic (exact) mass is 304 g/mol. The molecule has 2 aromatic carbocycles. The van der Waals surface area contributed by atoms with Gasteiger partial charge in [0, 0.05) is 5.02 Å². The zero-order valence-corrected chi connectivity index (χ0v) is 13.7. The second kappa shape index (κ2) is 8.48. The Morgan fingerprint density at radius 3 is 2.29 bits per heavy atom. The summed E-state index contributed by atoms with van der Waals surface area (Å²) in [7, 11) is 1.38. The van der Waals surface area contributed by atoms with E-state index in [4.69, 9.17) is 11.6 Å². The molecule has 0 aliphatic heterocycles. The molecule has 0 aliphatic rings. The van der Waals surface area contributed by atoms with Crippen LogP contribution in [0, 0.1) is 6.92 Å². The Labute approximate surface area is 131 Å². The lowest BCUT2D eigenvalue weighted by molar-refractivity contribution is 0.0600. The molecule has 0 aromatic heterocycles. The van der Waals surface area contributed by atoms with Crippen LogP contribution in [0.5, 0.6) is 0 Å². The Hall–Kier alpha value is -1.80. The van der Waals surface area contributed by atoms with Gasteiger partial charge in [0.2, 0.25) is 0 Å². The van der Waals surface area contributed by atoms with E-state index in [1.54, 1.807) is 12.1 Å². The van der Waals surface area contributed by atoms with E-state index < -0.39 is 0 Å². The van der Waals surface area contributed by atoms with E-state index in [0.29, 0.717) is 5.56 Å². The average molecular weight is 305 g/mol. The van der Waals surface area contributed by atoms with Crippen molar-refractivity contribution in [2.45, 2.75) is 27.2 Å². The van der Waals surface area contributed by atoms with Gasteiger partial charge in [0.25, 0.3) is 0 Å². The number of rotatable bonds is 3. The molecule has 112 valence electrons. The molecule has 0 saturated heterocycles. The minimum Gasteiger partial charge on any atom is -0.465 e. The summed E-state index contributed by atoms with van der Waals surface area (Å²) < 4.78 is 4.67. The zero-order valence-electron chi connectivity index (χ0n) is 12.9. The largest absolute Gasteiger partial charge is 0.465 e. The van der Waals surface area contributed by atoms with E-state index in [1.165, 1.54) is 18.2 Å². The maximum atomic E-state index is 11.3. The van der Waals surface area contributed by atoms with Crippen LogP contribution in [0.2, 0.25) is 5.02 Å². The van der Waals surface area contributed by atoms with Crippen molar-refractivity contribution < 1.29 is 9.53 Å². The van der Waals surface area contributed by atoms with Crippen LogP contribution in [0.3, 0.4) is 0 Å². The number of esters is 1. The molecule has 3 heteroatoms. The minimum absolute atomic E-state index is 0.314. The first-order valence-electron chi connectivity index (χ1n) is 7.02. The lowest BCUT2D eigenvalue weighted by Gasteiger charge is -2.07. The Balaban J connectivity index is 0.00000106. The van der Waals surface area contributed by atoms with E-state index >= 15 is 0 Å². The van der Waals surface area contributed by atoms with Crippen molar-refractivity contribution in [2.75, 3.05) is 7.11 Å². The highest BCUT2D eigenvalue weighted by molar-refractivity contribution is 6.30. The molecule has 0 N–H and O–H groups in total. The third-order valence-electron chi connectivity index (χ3n) is 3.08. The molecule has 2 aromatic rings. The van der Waals surface area contributed by atoms with Crippen LogP contribution in [0.15, 0.2) is 42.5 Å².